The van der Waals surface area contributed by atoms with Gasteiger partial charge in [0, 0.05) is 10.0 Å². The van der Waals surface area contributed by atoms with Crippen molar-refractivity contribution < 1.29 is 28.5 Å². The van der Waals surface area contributed by atoms with Crippen molar-refractivity contribution in [1.29, 1.82) is 0 Å². The molecule has 0 aliphatic heterocycles. The van der Waals surface area contributed by atoms with Crippen molar-refractivity contribution >= 4 is 38.8 Å². The fourth-order valence-corrected chi connectivity index (χ4v) is 3.32. The first-order chi connectivity index (χ1) is 13.5. The Morgan fingerprint density at radius 1 is 1.21 bits per heavy atom. The predicted molar refractivity (Wildman–Crippen MR) is 110 cm³/mol. The largest absolute Gasteiger partial charge is 0.504 e. The number of ether oxygens (including phenoxy) is 3. The van der Waals surface area contributed by atoms with Crippen LogP contribution in [0.25, 0.3) is 17.0 Å². The number of methoxy groups -OCH3 is 2. The predicted octanol–water partition coefficient (Wildman–Crippen LogP) is 5.21. The van der Waals surface area contributed by atoms with Gasteiger partial charge in [0.1, 0.15) is 17.1 Å². The molecule has 1 aromatic heterocycles. The molecule has 0 saturated carbocycles. The number of furan rings is 1. The molecule has 0 bridgehead atoms. The van der Waals surface area contributed by atoms with Crippen LogP contribution in [0.2, 0.25) is 0 Å². The fourth-order valence-electron chi connectivity index (χ4n) is 2.94. The molecule has 3 rings (SSSR count). The maximum Gasteiger partial charge on any atom is 0.205 e. The van der Waals surface area contributed by atoms with Crippen LogP contribution in [0.1, 0.15) is 22.8 Å². The lowest BCUT2D eigenvalue weighted by atomic mass is 10.0. The molecule has 0 aliphatic carbocycles. The first kappa shape index (κ1) is 19.8. The Balaban J connectivity index is 2.09. The molecule has 1 N–H and O–H groups in total. The maximum absolute atomic E-state index is 12.9. The van der Waals surface area contributed by atoms with Gasteiger partial charge in [-0.1, -0.05) is 15.9 Å². The zero-order chi connectivity index (χ0) is 20.3. The van der Waals surface area contributed by atoms with Crippen molar-refractivity contribution in [2.24, 2.45) is 0 Å². The third kappa shape index (κ3) is 3.57. The summed E-state index contributed by atoms with van der Waals surface area (Å²) in [6.45, 7) is 2.38. The summed E-state index contributed by atoms with van der Waals surface area (Å²) in [6, 6.07) is 7.16. The molecule has 6 nitrogen and oxygen atoms in total. The zero-order valence-corrected chi connectivity index (χ0v) is 17.2. The highest BCUT2D eigenvalue weighted by Crippen LogP contribution is 2.46. The van der Waals surface area contributed by atoms with Crippen LogP contribution in [0.15, 0.2) is 45.5 Å². The number of hydrogen-bond acceptors (Lipinski definition) is 6. The Morgan fingerprint density at radius 3 is 2.64 bits per heavy atom. The van der Waals surface area contributed by atoms with Gasteiger partial charge in [-0.25, -0.2) is 0 Å². The summed E-state index contributed by atoms with van der Waals surface area (Å²) in [5, 5.41) is 11.1. The second-order valence-electron chi connectivity index (χ2n) is 5.77. The van der Waals surface area contributed by atoms with Gasteiger partial charge in [-0.2, -0.15) is 0 Å². The molecule has 7 heteroatoms. The number of allylic oxidation sites excluding steroid dienone is 1. The molecule has 146 valence electrons. The first-order valence-electron chi connectivity index (χ1n) is 8.50. The van der Waals surface area contributed by atoms with Crippen molar-refractivity contribution in [3.8, 4) is 23.0 Å². The molecule has 3 aromatic rings. The minimum Gasteiger partial charge on any atom is -0.504 e. The summed E-state index contributed by atoms with van der Waals surface area (Å²) in [6.07, 6.45) is 4.42. The van der Waals surface area contributed by atoms with Crippen molar-refractivity contribution in [3.63, 3.8) is 0 Å². The molecule has 1 heterocycles. The number of fused-ring (bicyclic) bond motifs is 1. The summed E-state index contributed by atoms with van der Waals surface area (Å²) in [5.41, 5.74) is 1.03. The Labute approximate surface area is 170 Å². The van der Waals surface area contributed by atoms with Crippen LogP contribution < -0.4 is 14.2 Å². The molecule has 0 atom stereocenters. The fraction of sp³-hybridized carbons (Fsp3) is 0.190. The van der Waals surface area contributed by atoms with Gasteiger partial charge in [0.25, 0.3) is 0 Å². The highest BCUT2D eigenvalue weighted by Gasteiger charge is 2.26. The summed E-state index contributed by atoms with van der Waals surface area (Å²) in [5.74, 6) is 0.161. The molecule has 0 fully saturated rings. The number of rotatable bonds is 7. The number of hydrogen-bond donors (Lipinski definition) is 1. The summed E-state index contributed by atoms with van der Waals surface area (Å²) >= 11 is 3.41. The SMILES string of the molecule is CCOc1ccc(Br)cc1C=CC(=O)c1c(O)c(OC)c2occc2c1OC. The quantitative estimate of drug-likeness (QED) is 0.396. The zero-order valence-electron chi connectivity index (χ0n) is 15.6. The minimum absolute atomic E-state index is 0.00235. The van der Waals surface area contributed by atoms with E-state index in [1.54, 1.807) is 12.1 Å². The molecule has 28 heavy (non-hydrogen) atoms. The number of carbonyl (C=O) groups is 1. The number of phenolic OH excluding ortho intramolecular Hbond substituents is 1. The van der Waals surface area contributed by atoms with Crippen molar-refractivity contribution in [2.45, 2.75) is 6.92 Å². The Bertz CT molecular complexity index is 1050. The van der Waals surface area contributed by atoms with Gasteiger partial charge in [-0.05, 0) is 43.3 Å². The average Bonchev–Trinajstić information content (AvgIpc) is 3.16. The molecule has 0 saturated heterocycles. The van der Waals surface area contributed by atoms with Crippen LogP contribution in [-0.4, -0.2) is 31.7 Å². The Kier molecular flexibility index (Phi) is 5.94. The van der Waals surface area contributed by atoms with E-state index in [0.29, 0.717) is 23.3 Å². The van der Waals surface area contributed by atoms with Crippen LogP contribution in [0, 0.1) is 0 Å². The highest BCUT2D eigenvalue weighted by atomic mass is 79.9. The number of phenols is 1. The van der Waals surface area contributed by atoms with E-state index in [2.05, 4.69) is 15.9 Å². The van der Waals surface area contributed by atoms with Crippen LogP contribution in [0.3, 0.4) is 0 Å². The van der Waals surface area contributed by atoms with Crippen LogP contribution in [0.5, 0.6) is 23.0 Å². The van der Waals surface area contributed by atoms with E-state index in [1.165, 1.54) is 26.6 Å². The van der Waals surface area contributed by atoms with Gasteiger partial charge in [0.15, 0.2) is 17.1 Å². The van der Waals surface area contributed by atoms with Gasteiger partial charge >= 0.3 is 0 Å². The second kappa shape index (κ2) is 8.39. The number of carbonyl (C=O) groups excluding carboxylic acids is 1. The van der Waals surface area contributed by atoms with Gasteiger partial charge < -0.3 is 23.7 Å². The lowest BCUT2D eigenvalue weighted by Crippen LogP contribution is -2.02. The van der Waals surface area contributed by atoms with E-state index in [-0.39, 0.29) is 22.8 Å². The smallest absolute Gasteiger partial charge is 0.205 e. The highest BCUT2D eigenvalue weighted by molar-refractivity contribution is 9.10. The van der Waals surface area contributed by atoms with E-state index in [1.807, 2.05) is 25.1 Å². The van der Waals surface area contributed by atoms with Crippen LogP contribution in [-0.2, 0) is 0 Å². The van der Waals surface area contributed by atoms with E-state index in [0.717, 1.165) is 10.0 Å². The molecular formula is C21H19BrO6. The van der Waals surface area contributed by atoms with E-state index in [4.69, 9.17) is 18.6 Å². The Morgan fingerprint density at radius 2 is 1.96 bits per heavy atom. The monoisotopic (exact) mass is 446 g/mol. The van der Waals surface area contributed by atoms with Gasteiger partial charge in [-0.3, -0.25) is 4.79 Å². The first-order valence-corrected chi connectivity index (χ1v) is 9.29. The standard InChI is InChI=1S/C21H19BrO6/c1-4-27-16-8-6-13(22)11-12(16)5-7-15(23)17-18(24)21(26-3)20-14(9-10-28-20)19(17)25-2/h5-11,24H,4H2,1-3H3. The second-order valence-corrected chi connectivity index (χ2v) is 6.68. The van der Waals surface area contributed by atoms with Gasteiger partial charge in [0.2, 0.25) is 5.75 Å². The molecule has 0 unspecified atom stereocenters. The average molecular weight is 447 g/mol. The van der Waals surface area contributed by atoms with E-state index >= 15 is 0 Å². The van der Waals surface area contributed by atoms with Gasteiger partial charge in [-0.15, -0.1) is 0 Å². The van der Waals surface area contributed by atoms with Crippen LogP contribution in [0.4, 0.5) is 0 Å². The van der Waals surface area contributed by atoms with E-state index in [9.17, 15) is 9.90 Å². The maximum atomic E-state index is 12.9. The van der Waals surface area contributed by atoms with Crippen LogP contribution >= 0.6 is 15.9 Å². The third-order valence-electron chi connectivity index (χ3n) is 4.14. The number of benzene rings is 2. The molecule has 2 aromatic carbocycles. The molecule has 0 aliphatic rings. The normalized spacial score (nSPS) is 11.1. The van der Waals surface area contributed by atoms with Crippen molar-refractivity contribution in [1.82, 2.24) is 0 Å². The summed E-state index contributed by atoms with van der Waals surface area (Å²) in [4.78, 5) is 12.9. The van der Waals surface area contributed by atoms with Crippen molar-refractivity contribution in [2.75, 3.05) is 20.8 Å². The topological polar surface area (TPSA) is 78.1 Å². The molecular weight excluding hydrogens is 428 g/mol. The molecule has 0 radical (unpaired) electrons. The minimum atomic E-state index is -0.446. The number of halogens is 1. The number of ketones is 1. The third-order valence-corrected chi connectivity index (χ3v) is 4.63. The summed E-state index contributed by atoms with van der Waals surface area (Å²) < 4.78 is 22.4. The lowest BCUT2D eigenvalue weighted by Gasteiger charge is -2.13. The van der Waals surface area contributed by atoms with Gasteiger partial charge in [0.05, 0.1) is 32.5 Å². The summed E-state index contributed by atoms with van der Waals surface area (Å²) in [7, 11) is 2.82. The van der Waals surface area contributed by atoms with Crippen molar-refractivity contribution in [3.05, 3.63) is 52.2 Å². The molecule has 0 spiro atoms. The number of aromatic hydroxyl groups is 1. The Hall–Kier alpha value is -2.93. The van der Waals surface area contributed by atoms with E-state index < -0.39 is 5.78 Å². The molecule has 0 amide bonds. The lowest BCUT2D eigenvalue weighted by molar-refractivity contribution is 0.104.